The van der Waals surface area contributed by atoms with Crippen LogP contribution in [-0.4, -0.2) is 33.7 Å². The molecule has 6 heteroatoms. The molecule has 6 nitrogen and oxygen atoms in total. The second-order valence-corrected chi connectivity index (χ2v) is 3.61. The van der Waals surface area contributed by atoms with Gasteiger partial charge in [0.25, 0.3) is 0 Å². The predicted molar refractivity (Wildman–Crippen MR) is 60.7 cm³/mol. The van der Waals surface area contributed by atoms with Gasteiger partial charge in [0.1, 0.15) is 0 Å². The van der Waals surface area contributed by atoms with E-state index >= 15 is 0 Å². The van der Waals surface area contributed by atoms with Crippen LogP contribution < -0.4 is 0 Å². The average Bonchev–Trinajstić information content (AvgIpc) is 2.26. The first-order valence-electron chi connectivity index (χ1n) is 5.41. The molecule has 0 radical (unpaired) electrons. The van der Waals surface area contributed by atoms with Crippen LogP contribution >= 0.6 is 0 Å². The second-order valence-electron chi connectivity index (χ2n) is 3.61. The van der Waals surface area contributed by atoms with Crippen LogP contribution in [0.5, 0.6) is 0 Å². The van der Waals surface area contributed by atoms with Crippen LogP contribution in [0.2, 0.25) is 0 Å². The predicted octanol–water partition coefficient (Wildman–Crippen LogP) is 0.494. The maximum absolute atomic E-state index is 11.2. The highest BCUT2D eigenvalue weighted by Crippen LogP contribution is 2.07. The zero-order valence-corrected chi connectivity index (χ0v) is 9.93. The first-order valence-corrected chi connectivity index (χ1v) is 5.41. The van der Waals surface area contributed by atoms with Gasteiger partial charge in [0, 0.05) is 12.8 Å². The van der Waals surface area contributed by atoms with Crippen molar-refractivity contribution in [2.24, 2.45) is 5.92 Å². The van der Waals surface area contributed by atoms with Crippen LogP contribution in [0.4, 0.5) is 0 Å². The minimum absolute atomic E-state index is 0.257. The van der Waals surface area contributed by atoms with E-state index in [-0.39, 0.29) is 25.0 Å². The maximum Gasteiger partial charge on any atom is 0.317 e. The van der Waals surface area contributed by atoms with E-state index in [1.807, 2.05) is 0 Å². The van der Waals surface area contributed by atoms with Gasteiger partial charge in [-0.2, -0.15) is 0 Å². The Kier molecular flexibility index (Phi) is 7.05. The molecule has 0 unspecified atom stereocenters. The van der Waals surface area contributed by atoms with E-state index < -0.39 is 23.6 Å². The monoisotopic (exact) mass is 254 g/mol. The molecule has 0 aromatic carbocycles. The first kappa shape index (κ1) is 15.8. The number of carboxylic acids is 2. The van der Waals surface area contributed by atoms with E-state index in [0.29, 0.717) is 6.42 Å². The standard InChI is InChI=1S/C12H14O6/c1-2-3-8(13)4-5-9(14)6-7-10(11(15)16)12(17)18/h10H,2-3,6-7H2,1H3,(H,15,16)(H,17,18). The summed E-state index contributed by atoms with van der Waals surface area (Å²) in [6.07, 6.45) is 0.255. The van der Waals surface area contributed by atoms with Crippen molar-refractivity contribution in [3.05, 3.63) is 0 Å². The fraction of sp³-hybridized carbons (Fsp3) is 0.500. The lowest BCUT2D eigenvalue weighted by Gasteiger charge is -2.03. The molecule has 0 aliphatic rings. The summed E-state index contributed by atoms with van der Waals surface area (Å²) in [4.78, 5) is 43.2. The lowest BCUT2D eigenvalue weighted by molar-refractivity contribution is -0.154. The van der Waals surface area contributed by atoms with Crippen molar-refractivity contribution in [2.45, 2.75) is 32.6 Å². The van der Waals surface area contributed by atoms with E-state index in [1.165, 1.54) is 0 Å². The number of hydrogen-bond acceptors (Lipinski definition) is 4. The van der Waals surface area contributed by atoms with Gasteiger partial charge in [0.05, 0.1) is 0 Å². The van der Waals surface area contributed by atoms with Crippen molar-refractivity contribution in [2.75, 3.05) is 0 Å². The summed E-state index contributed by atoms with van der Waals surface area (Å²) in [5.41, 5.74) is 0. The van der Waals surface area contributed by atoms with Crippen LogP contribution in [-0.2, 0) is 19.2 Å². The molecule has 0 saturated carbocycles. The zero-order chi connectivity index (χ0) is 14.1. The fourth-order valence-corrected chi connectivity index (χ4v) is 1.12. The minimum Gasteiger partial charge on any atom is -0.481 e. The third kappa shape index (κ3) is 6.43. The van der Waals surface area contributed by atoms with Crippen LogP contribution in [0.15, 0.2) is 0 Å². The number of carboxylic acid groups (broad SMARTS) is 2. The molecule has 0 spiro atoms. The van der Waals surface area contributed by atoms with Crippen molar-refractivity contribution < 1.29 is 29.4 Å². The molecule has 0 aromatic heterocycles. The van der Waals surface area contributed by atoms with Crippen LogP contribution in [0.1, 0.15) is 32.6 Å². The molecule has 0 amide bonds. The highest BCUT2D eigenvalue weighted by Gasteiger charge is 2.25. The number of carbonyl (C=O) groups excluding carboxylic acids is 2. The second kappa shape index (κ2) is 8.01. The smallest absolute Gasteiger partial charge is 0.317 e. The summed E-state index contributed by atoms with van der Waals surface area (Å²) in [5.74, 6) is -1.40. The van der Waals surface area contributed by atoms with Crippen molar-refractivity contribution >= 4 is 23.5 Å². The molecule has 0 atom stereocenters. The number of Topliss-reactive ketones (excluding diaryl/α,β-unsaturated/α-hetero) is 2. The summed E-state index contributed by atoms with van der Waals surface area (Å²) in [6, 6.07) is 0. The van der Waals surface area contributed by atoms with Crippen LogP contribution in [0.25, 0.3) is 0 Å². The van der Waals surface area contributed by atoms with Gasteiger partial charge in [0.15, 0.2) is 5.92 Å². The largest absolute Gasteiger partial charge is 0.481 e. The Morgan fingerprint density at radius 1 is 0.944 bits per heavy atom. The van der Waals surface area contributed by atoms with E-state index in [9.17, 15) is 19.2 Å². The molecular weight excluding hydrogens is 240 g/mol. The molecule has 2 N–H and O–H groups in total. The normalized spacial score (nSPS) is 9.44. The first-order chi connectivity index (χ1) is 8.38. The van der Waals surface area contributed by atoms with E-state index in [1.54, 1.807) is 6.92 Å². The Morgan fingerprint density at radius 2 is 1.39 bits per heavy atom. The lowest BCUT2D eigenvalue weighted by Crippen LogP contribution is -2.23. The Labute approximate surface area is 104 Å². The van der Waals surface area contributed by atoms with Gasteiger partial charge in [-0.15, -0.1) is 0 Å². The van der Waals surface area contributed by atoms with Gasteiger partial charge in [0.2, 0.25) is 11.6 Å². The summed E-state index contributed by atoms with van der Waals surface area (Å²) >= 11 is 0. The molecule has 0 aliphatic heterocycles. The number of carbonyl (C=O) groups is 4. The third-order valence-electron chi connectivity index (χ3n) is 2.07. The Morgan fingerprint density at radius 3 is 1.78 bits per heavy atom. The molecular formula is C12H14O6. The summed E-state index contributed by atoms with van der Waals surface area (Å²) in [6.45, 7) is 1.80. The molecule has 0 heterocycles. The Bertz CT molecular complexity index is 398. The lowest BCUT2D eigenvalue weighted by atomic mass is 10.0. The van der Waals surface area contributed by atoms with Gasteiger partial charge in [-0.05, 0) is 24.7 Å². The van der Waals surface area contributed by atoms with E-state index in [2.05, 4.69) is 11.8 Å². The van der Waals surface area contributed by atoms with Crippen LogP contribution in [0, 0.1) is 17.8 Å². The number of aliphatic carboxylic acids is 2. The molecule has 0 fully saturated rings. The SMILES string of the molecule is CCCC(=O)C#CC(=O)CCC(C(=O)O)C(=O)O. The van der Waals surface area contributed by atoms with Gasteiger partial charge >= 0.3 is 11.9 Å². The number of ketones is 2. The minimum atomic E-state index is -1.62. The van der Waals surface area contributed by atoms with Crippen molar-refractivity contribution in [1.29, 1.82) is 0 Å². The van der Waals surface area contributed by atoms with E-state index in [0.717, 1.165) is 0 Å². The van der Waals surface area contributed by atoms with Gasteiger partial charge in [-0.1, -0.05) is 6.92 Å². The number of rotatable bonds is 7. The number of hydrogen-bond donors (Lipinski definition) is 2. The summed E-state index contributed by atoms with van der Waals surface area (Å²) in [7, 11) is 0. The van der Waals surface area contributed by atoms with Gasteiger partial charge in [-0.25, -0.2) is 0 Å². The summed E-state index contributed by atoms with van der Waals surface area (Å²) in [5, 5.41) is 17.1. The topological polar surface area (TPSA) is 109 Å². The van der Waals surface area contributed by atoms with Crippen molar-refractivity contribution in [3.63, 3.8) is 0 Å². The molecule has 0 rings (SSSR count). The van der Waals surface area contributed by atoms with E-state index in [4.69, 9.17) is 10.2 Å². The molecule has 0 aliphatic carbocycles. The molecule has 0 aromatic rings. The molecule has 0 saturated heterocycles. The van der Waals surface area contributed by atoms with Crippen molar-refractivity contribution in [3.8, 4) is 11.8 Å². The molecule has 18 heavy (non-hydrogen) atoms. The Balaban J connectivity index is 4.29. The average molecular weight is 254 g/mol. The van der Waals surface area contributed by atoms with Crippen molar-refractivity contribution in [1.82, 2.24) is 0 Å². The third-order valence-corrected chi connectivity index (χ3v) is 2.07. The molecule has 98 valence electrons. The summed E-state index contributed by atoms with van der Waals surface area (Å²) < 4.78 is 0. The highest BCUT2D eigenvalue weighted by atomic mass is 16.4. The molecule has 0 bridgehead atoms. The van der Waals surface area contributed by atoms with Gasteiger partial charge < -0.3 is 10.2 Å². The van der Waals surface area contributed by atoms with Gasteiger partial charge in [-0.3, -0.25) is 19.2 Å². The highest BCUT2D eigenvalue weighted by molar-refractivity contribution is 6.04. The maximum atomic E-state index is 11.2. The quantitative estimate of drug-likeness (QED) is 0.389. The Hall–Kier alpha value is -2.16. The fourth-order valence-electron chi connectivity index (χ4n) is 1.12. The zero-order valence-electron chi connectivity index (χ0n) is 9.93. The van der Waals surface area contributed by atoms with Crippen LogP contribution in [0.3, 0.4) is 0 Å².